The lowest BCUT2D eigenvalue weighted by molar-refractivity contribution is -0.384. The first-order chi connectivity index (χ1) is 9.82. The summed E-state index contributed by atoms with van der Waals surface area (Å²) in [6.45, 7) is 0.815. The Morgan fingerprint density at radius 1 is 1.48 bits per heavy atom. The number of β-amino-alcohol motifs (C(OH)–C–C–N with tert-alkyl or cyclic N) is 1. The van der Waals surface area contributed by atoms with Crippen LogP contribution in [0, 0.1) is 10.1 Å². The molecule has 0 aliphatic carbocycles. The standard InChI is InChI=1S/C12H13Cl2N3O4/c1-16(9-4-15-5-10(9)18)12(19)7-2-6(17(20)21)3-8(13)11(7)14/h2-3,9-10,15,18H,4-5H2,1H3/t9-,10-/m0/s1. The Labute approximate surface area is 130 Å². The van der Waals surface area contributed by atoms with Crippen molar-refractivity contribution in [2.45, 2.75) is 12.1 Å². The summed E-state index contributed by atoms with van der Waals surface area (Å²) in [4.78, 5) is 24.0. The average Bonchev–Trinajstić information content (AvgIpc) is 2.86. The second-order valence-electron chi connectivity index (χ2n) is 4.76. The zero-order valence-electron chi connectivity index (χ0n) is 11.0. The fourth-order valence-electron chi connectivity index (χ4n) is 2.22. The second kappa shape index (κ2) is 6.15. The maximum absolute atomic E-state index is 12.4. The number of nitro benzene ring substituents is 1. The van der Waals surface area contributed by atoms with Crippen LogP contribution in [-0.4, -0.2) is 53.1 Å². The smallest absolute Gasteiger partial charge is 0.271 e. The highest BCUT2D eigenvalue weighted by atomic mass is 35.5. The minimum absolute atomic E-state index is 0.0421. The van der Waals surface area contributed by atoms with Crippen LogP contribution in [0.1, 0.15) is 10.4 Å². The number of likely N-dealkylation sites (N-methyl/N-ethyl adjacent to an activating group) is 1. The van der Waals surface area contributed by atoms with Crippen LogP contribution >= 0.6 is 23.2 Å². The summed E-state index contributed by atoms with van der Waals surface area (Å²) in [5, 5.41) is 23.5. The molecule has 1 aromatic carbocycles. The third-order valence-electron chi connectivity index (χ3n) is 3.42. The molecular formula is C12H13Cl2N3O4. The Hall–Kier alpha value is -1.41. The normalized spacial score (nSPS) is 21.3. The molecule has 1 aromatic rings. The number of nitro groups is 1. The summed E-state index contributed by atoms with van der Waals surface area (Å²) in [7, 11) is 1.51. The van der Waals surface area contributed by atoms with Crippen LogP contribution in [0.15, 0.2) is 12.1 Å². The van der Waals surface area contributed by atoms with E-state index in [2.05, 4.69) is 5.32 Å². The van der Waals surface area contributed by atoms with Gasteiger partial charge in [0.25, 0.3) is 11.6 Å². The van der Waals surface area contributed by atoms with Crippen LogP contribution in [0.5, 0.6) is 0 Å². The highest BCUT2D eigenvalue weighted by Gasteiger charge is 2.33. The number of non-ortho nitro benzene ring substituents is 1. The molecule has 0 radical (unpaired) electrons. The number of nitrogens with zero attached hydrogens (tertiary/aromatic N) is 2. The van der Waals surface area contributed by atoms with Crippen LogP contribution in [0.2, 0.25) is 10.0 Å². The number of hydrogen-bond acceptors (Lipinski definition) is 5. The molecule has 9 heteroatoms. The molecule has 1 amide bonds. The molecule has 0 unspecified atom stereocenters. The largest absolute Gasteiger partial charge is 0.390 e. The van der Waals surface area contributed by atoms with Crippen molar-refractivity contribution < 1.29 is 14.8 Å². The van der Waals surface area contributed by atoms with E-state index in [1.54, 1.807) is 0 Å². The van der Waals surface area contributed by atoms with E-state index >= 15 is 0 Å². The Kier molecular flexibility index (Phi) is 4.67. The van der Waals surface area contributed by atoms with E-state index in [-0.39, 0.29) is 21.3 Å². The molecule has 0 bridgehead atoms. The van der Waals surface area contributed by atoms with E-state index in [1.165, 1.54) is 11.9 Å². The summed E-state index contributed by atoms with van der Waals surface area (Å²) >= 11 is 11.8. The summed E-state index contributed by atoms with van der Waals surface area (Å²) in [5.41, 5.74) is -0.372. The second-order valence-corrected chi connectivity index (χ2v) is 5.54. The van der Waals surface area contributed by atoms with Crippen molar-refractivity contribution in [3.8, 4) is 0 Å². The quantitative estimate of drug-likeness (QED) is 0.642. The van der Waals surface area contributed by atoms with Gasteiger partial charge in [-0.25, -0.2) is 0 Å². The molecule has 0 aromatic heterocycles. The Morgan fingerprint density at radius 3 is 2.67 bits per heavy atom. The van der Waals surface area contributed by atoms with Gasteiger partial charge in [-0.3, -0.25) is 14.9 Å². The molecule has 21 heavy (non-hydrogen) atoms. The lowest BCUT2D eigenvalue weighted by Gasteiger charge is -2.26. The SMILES string of the molecule is CN(C(=O)c1cc([N+](=O)[O-])cc(Cl)c1Cl)[C@H]1CNC[C@@H]1O. The number of benzene rings is 1. The molecule has 0 spiro atoms. The first kappa shape index (κ1) is 16.0. The first-order valence-corrected chi connectivity index (χ1v) is 6.88. The van der Waals surface area contributed by atoms with Gasteiger partial charge < -0.3 is 15.3 Å². The minimum Gasteiger partial charge on any atom is -0.390 e. The van der Waals surface area contributed by atoms with Gasteiger partial charge >= 0.3 is 0 Å². The summed E-state index contributed by atoms with van der Waals surface area (Å²) in [6, 6.07) is 1.75. The molecule has 1 fully saturated rings. The van der Waals surface area contributed by atoms with Crippen molar-refractivity contribution >= 4 is 34.8 Å². The Morgan fingerprint density at radius 2 is 2.14 bits per heavy atom. The van der Waals surface area contributed by atoms with Gasteiger partial charge in [0.05, 0.1) is 32.7 Å². The molecule has 1 heterocycles. The highest BCUT2D eigenvalue weighted by molar-refractivity contribution is 6.44. The molecular weight excluding hydrogens is 321 g/mol. The Balaban J connectivity index is 2.36. The van der Waals surface area contributed by atoms with E-state index in [9.17, 15) is 20.0 Å². The molecule has 2 rings (SSSR count). The maximum atomic E-state index is 12.4. The molecule has 2 N–H and O–H groups in total. The molecule has 1 aliphatic rings. The van der Waals surface area contributed by atoms with Crippen LogP contribution in [0.4, 0.5) is 5.69 Å². The molecule has 2 atom stereocenters. The fraction of sp³-hybridized carbons (Fsp3) is 0.417. The van der Waals surface area contributed by atoms with Gasteiger partial charge in [0.1, 0.15) is 0 Å². The first-order valence-electron chi connectivity index (χ1n) is 6.12. The van der Waals surface area contributed by atoms with Crippen molar-refractivity contribution in [1.82, 2.24) is 10.2 Å². The lowest BCUT2D eigenvalue weighted by Crippen LogP contribution is -2.44. The number of amides is 1. The zero-order valence-corrected chi connectivity index (χ0v) is 12.6. The monoisotopic (exact) mass is 333 g/mol. The summed E-state index contributed by atoms with van der Waals surface area (Å²) in [5.74, 6) is -0.529. The van der Waals surface area contributed by atoms with Crippen LogP contribution in [0.3, 0.4) is 0 Å². The lowest BCUT2D eigenvalue weighted by atomic mass is 10.1. The summed E-state index contributed by atoms with van der Waals surface area (Å²) in [6.07, 6.45) is -0.702. The van der Waals surface area contributed by atoms with E-state index in [4.69, 9.17) is 23.2 Å². The number of halogens is 2. The van der Waals surface area contributed by atoms with Gasteiger partial charge in [-0.05, 0) is 0 Å². The molecule has 0 saturated carbocycles. The van der Waals surface area contributed by atoms with Crippen molar-refractivity contribution in [2.24, 2.45) is 0 Å². The number of carbonyl (C=O) groups excluding carboxylic acids is 1. The van der Waals surface area contributed by atoms with Gasteiger partial charge in [0, 0.05) is 32.3 Å². The van der Waals surface area contributed by atoms with Crippen molar-refractivity contribution in [3.05, 3.63) is 37.9 Å². The number of aliphatic hydroxyl groups is 1. The average molecular weight is 334 g/mol. The molecule has 7 nitrogen and oxygen atoms in total. The van der Waals surface area contributed by atoms with Crippen molar-refractivity contribution in [3.63, 3.8) is 0 Å². The number of nitrogens with one attached hydrogen (secondary N) is 1. The molecule has 1 aliphatic heterocycles. The van der Waals surface area contributed by atoms with Gasteiger partial charge in [-0.15, -0.1) is 0 Å². The van der Waals surface area contributed by atoms with Crippen LogP contribution < -0.4 is 5.32 Å². The fourth-order valence-corrected chi connectivity index (χ4v) is 2.63. The predicted molar refractivity (Wildman–Crippen MR) is 77.9 cm³/mol. The maximum Gasteiger partial charge on any atom is 0.271 e. The zero-order chi connectivity index (χ0) is 15.7. The van der Waals surface area contributed by atoms with Crippen molar-refractivity contribution in [1.29, 1.82) is 0 Å². The van der Waals surface area contributed by atoms with Gasteiger partial charge in [-0.2, -0.15) is 0 Å². The Bertz CT molecular complexity index is 596. The van der Waals surface area contributed by atoms with E-state index in [0.29, 0.717) is 13.1 Å². The topological polar surface area (TPSA) is 95.7 Å². The number of rotatable bonds is 3. The third-order valence-corrected chi connectivity index (χ3v) is 4.23. The van der Waals surface area contributed by atoms with Crippen LogP contribution in [-0.2, 0) is 0 Å². The number of hydrogen-bond donors (Lipinski definition) is 2. The third kappa shape index (κ3) is 3.11. The van der Waals surface area contributed by atoms with Gasteiger partial charge in [0.15, 0.2) is 0 Å². The minimum atomic E-state index is -0.702. The van der Waals surface area contributed by atoms with Crippen molar-refractivity contribution in [2.75, 3.05) is 20.1 Å². The van der Waals surface area contributed by atoms with E-state index in [1.807, 2.05) is 0 Å². The van der Waals surface area contributed by atoms with Gasteiger partial charge in [0.2, 0.25) is 0 Å². The van der Waals surface area contributed by atoms with E-state index < -0.39 is 23.0 Å². The summed E-state index contributed by atoms with van der Waals surface area (Å²) < 4.78 is 0. The number of carbonyl (C=O) groups is 1. The van der Waals surface area contributed by atoms with E-state index in [0.717, 1.165) is 12.1 Å². The highest BCUT2D eigenvalue weighted by Crippen LogP contribution is 2.32. The molecule has 1 saturated heterocycles. The predicted octanol–water partition coefficient (Wildman–Crippen LogP) is 1.31. The van der Waals surface area contributed by atoms with Gasteiger partial charge in [-0.1, -0.05) is 23.2 Å². The number of aliphatic hydroxyl groups excluding tert-OH is 1. The van der Waals surface area contributed by atoms with Crippen LogP contribution in [0.25, 0.3) is 0 Å². The molecule has 114 valence electrons.